The summed E-state index contributed by atoms with van der Waals surface area (Å²) in [4.78, 5) is 7.62. The molecule has 1 aromatic heterocycles. The Morgan fingerprint density at radius 3 is 2.82 bits per heavy atom. The minimum atomic E-state index is 0.215. The molecule has 0 aliphatic rings. The molecule has 0 spiro atoms. The number of aromatic nitrogens is 2. The van der Waals surface area contributed by atoms with Crippen molar-refractivity contribution in [2.45, 2.75) is 6.92 Å². The van der Waals surface area contributed by atoms with Crippen LogP contribution in [0, 0.1) is 0 Å². The lowest BCUT2D eigenvalue weighted by molar-refractivity contribution is 1.16. The van der Waals surface area contributed by atoms with E-state index >= 15 is 0 Å². The van der Waals surface area contributed by atoms with Crippen LogP contribution in [0.3, 0.4) is 0 Å². The molecule has 1 aromatic rings. The van der Waals surface area contributed by atoms with Gasteiger partial charge in [0.25, 0.3) is 0 Å². The lowest BCUT2D eigenvalue weighted by atomic mass is 10.2. The Bertz CT molecular complexity index is 296. The maximum absolute atomic E-state index is 5.75. The molecule has 11 heavy (non-hydrogen) atoms. The van der Waals surface area contributed by atoms with Gasteiger partial charge in [0.05, 0.1) is 16.9 Å². The van der Waals surface area contributed by atoms with E-state index in [-0.39, 0.29) is 5.95 Å². The van der Waals surface area contributed by atoms with Crippen molar-refractivity contribution < 1.29 is 0 Å². The molecule has 0 saturated carbocycles. The van der Waals surface area contributed by atoms with Crippen LogP contribution >= 0.6 is 11.6 Å². The summed E-state index contributed by atoms with van der Waals surface area (Å²) in [7, 11) is 0. The summed E-state index contributed by atoms with van der Waals surface area (Å²) in [6.45, 7) is 5.51. The molecule has 2 N–H and O–H groups in total. The lowest BCUT2D eigenvalue weighted by Crippen LogP contribution is -1.97. The predicted molar refractivity (Wildman–Crippen MR) is 46.2 cm³/mol. The Kier molecular flexibility index (Phi) is 2.10. The van der Waals surface area contributed by atoms with E-state index in [2.05, 4.69) is 16.5 Å². The largest absolute Gasteiger partial charge is 0.368 e. The molecule has 1 rings (SSSR count). The fourth-order valence-electron chi connectivity index (χ4n) is 0.680. The van der Waals surface area contributed by atoms with Gasteiger partial charge in [-0.2, -0.15) is 0 Å². The molecule has 0 radical (unpaired) electrons. The highest BCUT2D eigenvalue weighted by atomic mass is 35.5. The zero-order chi connectivity index (χ0) is 8.43. The number of anilines is 1. The molecule has 0 fully saturated rings. The summed E-state index contributed by atoms with van der Waals surface area (Å²) >= 11 is 5.75. The lowest BCUT2D eigenvalue weighted by Gasteiger charge is -2.00. The molecular weight excluding hydrogens is 162 g/mol. The van der Waals surface area contributed by atoms with Gasteiger partial charge in [0.15, 0.2) is 0 Å². The topological polar surface area (TPSA) is 51.8 Å². The van der Waals surface area contributed by atoms with Crippen molar-refractivity contribution in [3.63, 3.8) is 0 Å². The van der Waals surface area contributed by atoms with Gasteiger partial charge in [0.1, 0.15) is 0 Å². The number of nitrogen functional groups attached to an aromatic ring is 1. The monoisotopic (exact) mass is 169 g/mol. The fraction of sp³-hybridized carbons (Fsp3) is 0.143. The first-order valence-electron chi connectivity index (χ1n) is 3.05. The summed E-state index contributed by atoms with van der Waals surface area (Å²) < 4.78 is 0. The van der Waals surface area contributed by atoms with Crippen LogP contribution in [0.15, 0.2) is 12.8 Å². The van der Waals surface area contributed by atoms with E-state index in [1.807, 2.05) is 6.92 Å². The highest BCUT2D eigenvalue weighted by Gasteiger charge is 2.02. The Morgan fingerprint density at radius 2 is 2.36 bits per heavy atom. The molecule has 0 aliphatic carbocycles. The van der Waals surface area contributed by atoms with Crippen LogP contribution in [-0.4, -0.2) is 9.97 Å². The molecular formula is C7H8ClN3. The van der Waals surface area contributed by atoms with Gasteiger partial charge in [-0.3, -0.25) is 0 Å². The average molecular weight is 170 g/mol. The smallest absolute Gasteiger partial charge is 0.220 e. The highest BCUT2D eigenvalue weighted by Crippen LogP contribution is 2.19. The second-order valence-electron chi connectivity index (χ2n) is 2.21. The van der Waals surface area contributed by atoms with Gasteiger partial charge in [-0.1, -0.05) is 18.2 Å². The van der Waals surface area contributed by atoms with Gasteiger partial charge >= 0.3 is 0 Å². The Hall–Kier alpha value is -1.09. The van der Waals surface area contributed by atoms with E-state index < -0.39 is 0 Å². The minimum absolute atomic E-state index is 0.215. The van der Waals surface area contributed by atoms with Crippen LogP contribution in [0.5, 0.6) is 0 Å². The van der Waals surface area contributed by atoms with Gasteiger partial charge in [0, 0.05) is 0 Å². The Morgan fingerprint density at radius 1 is 1.73 bits per heavy atom. The number of halogens is 1. The second kappa shape index (κ2) is 2.88. The molecule has 3 nitrogen and oxygen atoms in total. The number of hydrogen-bond donors (Lipinski definition) is 1. The quantitative estimate of drug-likeness (QED) is 0.697. The zero-order valence-corrected chi connectivity index (χ0v) is 6.89. The van der Waals surface area contributed by atoms with Crippen molar-refractivity contribution in [3.05, 3.63) is 23.5 Å². The summed E-state index contributed by atoms with van der Waals surface area (Å²) in [6.07, 6.45) is 1.47. The van der Waals surface area contributed by atoms with E-state index in [4.69, 9.17) is 17.3 Å². The third-order valence-electron chi connectivity index (χ3n) is 1.17. The van der Waals surface area contributed by atoms with E-state index in [9.17, 15) is 0 Å². The van der Waals surface area contributed by atoms with Crippen LogP contribution in [0.4, 0.5) is 5.95 Å². The average Bonchev–Trinajstić information content (AvgIpc) is 1.94. The maximum atomic E-state index is 5.75. The predicted octanol–water partition coefficient (Wildman–Crippen LogP) is 1.75. The van der Waals surface area contributed by atoms with E-state index in [0.717, 1.165) is 5.57 Å². The molecule has 1 heterocycles. The van der Waals surface area contributed by atoms with Crippen LogP contribution in [0.25, 0.3) is 5.57 Å². The summed E-state index contributed by atoms with van der Waals surface area (Å²) in [6, 6.07) is 0. The number of rotatable bonds is 1. The molecule has 0 aliphatic heterocycles. The van der Waals surface area contributed by atoms with E-state index in [0.29, 0.717) is 10.7 Å². The highest BCUT2D eigenvalue weighted by molar-refractivity contribution is 6.31. The molecule has 0 amide bonds. The van der Waals surface area contributed by atoms with Gasteiger partial charge in [-0.05, 0) is 12.5 Å². The second-order valence-corrected chi connectivity index (χ2v) is 2.61. The molecule has 0 saturated heterocycles. The van der Waals surface area contributed by atoms with Crippen LogP contribution in [0.1, 0.15) is 12.6 Å². The number of allylic oxidation sites excluding steroid dienone is 1. The molecule has 0 unspecified atom stereocenters. The van der Waals surface area contributed by atoms with Crippen LogP contribution in [-0.2, 0) is 0 Å². The first-order valence-corrected chi connectivity index (χ1v) is 3.43. The minimum Gasteiger partial charge on any atom is -0.368 e. The Labute approximate surface area is 69.9 Å². The van der Waals surface area contributed by atoms with Crippen LogP contribution < -0.4 is 5.73 Å². The van der Waals surface area contributed by atoms with E-state index in [1.54, 1.807) is 0 Å². The summed E-state index contributed by atoms with van der Waals surface area (Å²) in [5, 5.41) is 0.478. The summed E-state index contributed by atoms with van der Waals surface area (Å²) in [5.41, 5.74) is 6.74. The zero-order valence-electron chi connectivity index (χ0n) is 6.13. The third kappa shape index (κ3) is 1.68. The van der Waals surface area contributed by atoms with Crippen molar-refractivity contribution in [2.24, 2.45) is 0 Å². The van der Waals surface area contributed by atoms with Gasteiger partial charge in [0.2, 0.25) is 5.95 Å². The number of nitrogens with zero attached hydrogens (tertiary/aromatic N) is 2. The normalized spacial score (nSPS) is 9.64. The van der Waals surface area contributed by atoms with Crippen molar-refractivity contribution in [1.82, 2.24) is 9.97 Å². The molecule has 0 atom stereocenters. The maximum Gasteiger partial charge on any atom is 0.220 e. The van der Waals surface area contributed by atoms with Gasteiger partial charge in [-0.15, -0.1) is 0 Å². The first kappa shape index (κ1) is 8.01. The van der Waals surface area contributed by atoms with Crippen molar-refractivity contribution in [2.75, 3.05) is 5.73 Å². The van der Waals surface area contributed by atoms with E-state index in [1.165, 1.54) is 6.20 Å². The summed E-state index contributed by atoms with van der Waals surface area (Å²) in [5.74, 6) is 0.215. The molecule has 0 bridgehead atoms. The molecule has 4 heteroatoms. The first-order chi connectivity index (χ1) is 5.11. The number of hydrogen-bond acceptors (Lipinski definition) is 3. The van der Waals surface area contributed by atoms with Gasteiger partial charge < -0.3 is 5.73 Å². The number of nitrogens with two attached hydrogens (primary N) is 1. The Balaban J connectivity index is 3.23. The van der Waals surface area contributed by atoms with Crippen molar-refractivity contribution in [3.8, 4) is 0 Å². The van der Waals surface area contributed by atoms with Crippen LogP contribution in [0.2, 0.25) is 5.02 Å². The fourth-order valence-corrected chi connectivity index (χ4v) is 0.932. The third-order valence-corrected chi connectivity index (χ3v) is 1.44. The standard InChI is InChI=1S/C7H8ClN3/c1-4(2)6-5(8)3-10-7(9)11-6/h3H,1H2,2H3,(H2,9,10,11). The van der Waals surface area contributed by atoms with Gasteiger partial charge in [-0.25, -0.2) is 9.97 Å². The SMILES string of the molecule is C=C(C)c1nc(N)ncc1Cl. The van der Waals surface area contributed by atoms with Crippen molar-refractivity contribution in [1.29, 1.82) is 0 Å². The molecule has 58 valence electrons. The molecule has 0 aromatic carbocycles. The van der Waals surface area contributed by atoms with Crippen molar-refractivity contribution >= 4 is 23.1 Å².